The van der Waals surface area contributed by atoms with Crippen LogP contribution in [-0.2, 0) is 11.3 Å². The molecule has 4 rings (SSSR count). The molecule has 0 bridgehead atoms. The van der Waals surface area contributed by atoms with Crippen LogP contribution < -0.4 is 5.73 Å². The molecule has 0 radical (unpaired) electrons. The highest BCUT2D eigenvalue weighted by Crippen LogP contribution is 2.47. The van der Waals surface area contributed by atoms with Gasteiger partial charge in [0.1, 0.15) is 5.01 Å². The Balaban J connectivity index is 1.83. The van der Waals surface area contributed by atoms with E-state index in [0.717, 1.165) is 23.6 Å². The fourth-order valence-corrected chi connectivity index (χ4v) is 5.38. The summed E-state index contributed by atoms with van der Waals surface area (Å²) in [6.07, 6.45) is 4.67. The molecule has 0 amide bonds. The molecule has 4 heteroatoms. The Labute approximate surface area is 121 Å². The van der Waals surface area contributed by atoms with Crippen molar-refractivity contribution in [2.24, 2.45) is 5.73 Å². The highest BCUT2D eigenvalue weighted by atomic mass is 32.2. The first kappa shape index (κ1) is 11.9. The van der Waals surface area contributed by atoms with Crippen LogP contribution in [0.4, 0.5) is 0 Å². The molecule has 2 heterocycles. The van der Waals surface area contributed by atoms with Crippen molar-refractivity contribution in [3.63, 3.8) is 0 Å². The molecular weight excluding hydrogens is 272 g/mol. The molecule has 0 unspecified atom stereocenters. The second kappa shape index (κ2) is 4.33. The zero-order valence-electron chi connectivity index (χ0n) is 10.7. The number of fused-ring (bicyclic) bond motifs is 3. The minimum absolute atomic E-state index is 0.151. The van der Waals surface area contributed by atoms with E-state index in [1.165, 1.54) is 33.9 Å². The molecule has 2 aliphatic rings. The molecule has 2 N–H and O–H groups in total. The van der Waals surface area contributed by atoms with Gasteiger partial charge in [0.05, 0.1) is 11.2 Å². The lowest BCUT2D eigenvalue weighted by atomic mass is 10.0. The van der Waals surface area contributed by atoms with Gasteiger partial charge in [0, 0.05) is 21.1 Å². The number of thiazole rings is 1. The van der Waals surface area contributed by atoms with Crippen molar-refractivity contribution in [3.05, 3.63) is 34.2 Å². The van der Waals surface area contributed by atoms with Gasteiger partial charge >= 0.3 is 0 Å². The van der Waals surface area contributed by atoms with E-state index in [2.05, 4.69) is 24.3 Å². The summed E-state index contributed by atoms with van der Waals surface area (Å²) in [6.45, 7) is 0. The van der Waals surface area contributed by atoms with Gasteiger partial charge in [-0.1, -0.05) is 31.0 Å². The van der Waals surface area contributed by atoms with Crippen LogP contribution in [0.2, 0.25) is 0 Å². The number of aromatic nitrogens is 1. The Morgan fingerprint density at radius 1 is 1.16 bits per heavy atom. The number of nitrogens with two attached hydrogens (primary N) is 1. The van der Waals surface area contributed by atoms with E-state index in [1.54, 1.807) is 0 Å². The summed E-state index contributed by atoms with van der Waals surface area (Å²) in [5, 5.41) is 1.16. The van der Waals surface area contributed by atoms with Gasteiger partial charge in [-0.2, -0.15) is 0 Å². The summed E-state index contributed by atoms with van der Waals surface area (Å²) in [5.74, 6) is 1.04. The van der Waals surface area contributed by atoms with Gasteiger partial charge < -0.3 is 5.73 Å². The third-order valence-electron chi connectivity index (χ3n) is 4.12. The Morgan fingerprint density at radius 3 is 2.79 bits per heavy atom. The van der Waals surface area contributed by atoms with Crippen LogP contribution >= 0.6 is 23.1 Å². The van der Waals surface area contributed by atoms with Gasteiger partial charge in [0.25, 0.3) is 0 Å². The molecule has 2 nitrogen and oxygen atoms in total. The van der Waals surface area contributed by atoms with Crippen molar-refractivity contribution in [2.75, 3.05) is 0 Å². The second-order valence-corrected chi connectivity index (χ2v) is 7.54. The molecule has 98 valence electrons. The average Bonchev–Trinajstić information content (AvgIpc) is 3.05. The lowest BCUT2D eigenvalue weighted by Crippen LogP contribution is -2.32. The first-order valence-corrected chi connectivity index (χ1v) is 8.58. The molecule has 1 aliphatic carbocycles. The van der Waals surface area contributed by atoms with E-state index < -0.39 is 0 Å². The summed E-state index contributed by atoms with van der Waals surface area (Å²) < 4.78 is 0. The average molecular weight is 288 g/mol. The fraction of sp³-hybridized carbons (Fsp3) is 0.400. The van der Waals surface area contributed by atoms with Crippen molar-refractivity contribution in [1.82, 2.24) is 4.98 Å². The van der Waals surface area contributed by atoms with Crippen LogP contribution in [0.5, 0.6) is 0 Å². The van der Waals surface area contributed by atoms with Crippen molar-refractivity contribution in [1.29, 1.82) is 0 Å². The van der Waals surface area contributed by atoms with E-state index in [9.17, 15) is 0 Å². The Bertz CT molecular complexity index is 627. The van der Waals surface area contributed by atoms with Crippen molar-refractivity contribution < 1.29 is 0 Å². The molecule has 0 spiro atoms. The lowest BCUT2D eigenvalue weighted by molar-refractivity contribution is 0.459. The molecule has 1 aromatic carbocycles. The number of thioether (sulfide) groups is 1. The molecule has 0 atom stereocenters. The van der Waals surface area contributed by atoms with Crippen LogP contribution in [0, 0.1) is 0 Å². The van der Waals surface area contributed by atoms with Crippen LogP contribution in [0.25, 0.3) is 11.3 Å². The highest BCUT2D eigenvalue weighted by molar-refractivity contribution is 7.98. The van der Waals surface area contributed by atoms with Gasteiger partial charge in [-0.15, -0.1) is 23.1 Å². The summed E-state index contributed by atoms with van der Waals surface area (Å²) in [6, 6.07) is 8.57. The van der Waals surface area contributed by atoms with Crippen LogP contribution in [0.3, 0.4) is 0 Å². The van der Waals surface area contributed by atoms with Gasteiger partial charge in [-0.3, -0.25) is 0 Å². The van der Waals surface area contributed by atoms with Gasteiger partial charge in [-0.25, -0.2) is 4.98 Å². The topological polar surface area (TPSA) is 38.9 Å². The van der Waals surface area contributed by atoms with Crippen molar-refractivity contribution in [2.45, 2.75) is 41.9 Å². The van der Waals surface area contributed by atoms with Crippen LogP contribution in [-0.4, -0.2) is 4.98 Å². The maximum absolute atomic E-state index is 6.55. The summed E-state index contributed by atoms with van der Waals surface area (Å²) in [7, 11) is 0. The van der Waals surface area contributed by atoms with E-state index >= 15 is 0 Å². The van der Waals surface area contributed by atoms with E-state index in [4.69, 9.17) is 10.7 Å². The van der Waals surface area contributed by atoms with Crippen LogP contribution in [0.1, 0.15) is 35.6 Å². The third-order valence-corrected chi connectivity index (χ3v) is 6.68. The van der Waals surface area contributed by atoms with E-state index in [1.807, 2.05) is 23.1 Å². The first-order valence-electron chi connectivity index (χ1n) is 6.77. The first-order chi connectivity index (χ1) is 9.26. The number of nitrogens with zero attached hydrogens (tertiary/aromatic N) is 1. The Hall–Kier alpha value is -0.840. The number of rotatable bonds is 1. The van der Waals surface area contributed by atoms with E-state index in [-0.39, 0.29) is 5.54 Å². The molecule has 19 heavy (non-hydrogen) atoms. The highest BCUT2D eigenvalue weighted by Gasteiger charge is 2.36. The van der Waals surface area contributed by atoms with Crippen molar-refractivity contribution in [3.8, 4) is 11.3 Å². The van der Waals surface area contributed by atoms with E-state index in [0.29, 0.717) is 0 Å². The summed E-state index contributed by atoms with van der Waals surface area (Å²) >= 11 is 3.75. The second-order valence-electron chi connectivity index (χ2n) is 5.44. The predicted octanol–water partition coefficient (Wildman–Crippen LogP) is 4.14. The molecule has 2 aromatic rings. The Morgan fingerprint density at radius 2 is 1.95 bits per heavy atom. The number of hydrogen-bond acceptors (Lipinski definition) is 4. The summed E-state index contributed by atoms with van der Waals surface area (Å²) in [4.78, 5) is 7.68. The Kier molecular flexibility index (Phi) is 2.72. The largest absolute Gasteiger partial charge is 0.319 e. The molecule has 1 aromatic heterocycles. The van der Waals surface area contributed by atoms with Crippen LogP contribution in [0.15, 0.2) is 29.2 Å². The SMILES string of the molecule is NC1(c2nc3c(s2)CSc2ccccc2-3)CCCC1. The molecule has 0 saturated heterocycles. The van der Waals surface area contributed by atoms with Crippen molar-refractivity contribution >= 4 is 23.1 Å². The predicted molar refractivity (Wildman–Crippen MR) is 81.4 cm³/mol. The zero-order valence-corrected chi connectivity index (χ0v) is 12.3. The standard InChI is InChI=1S/C15H16N2S2/c16-15(7-3-4-8-15)14-17-13-10-5-1-2-6-11(10)18-9-12(13)19-14/h1-2,5-6H,3-4,7-9,16H2. The fourth-order valence-electron chi connectivity index (χ4n) is 3.02. The molecular formula is C15H16N2S2. The minimum atomic E-state index is -0.151. The van der Waals surface area contributed by atoms with Gasteiger partial charge in [-0.05, 0) is 18.9 Å². The smallest absolute Gasteiger partial charge is 0.113 e. The maximum Gasteiger partial charge on any atom is 0.113 e. The quantitative estimate of drug-likeness (QED) is 0.857. The number of benzene rings is 1. The maximum atomic E-state index is 6.55. The molecule has 1 aliphatic heterocycles. The molecule has 1 saturated carbocycles. The third kappa shape index (κ3) is 1.85. The lowest BCUT2D eigenvalue weighted by Gasteiger charge is -2.19. The monoisotopic (exact) mass is 288 g/mol. The number of hydrogen-bond donors (Lipinski definition) is 1. The zero-order chi connectivity index (χ0) is 12.9. The summed E-state index contributed by atoms with van der Waals surface area (Å²) in [5.41, 5.74) is 8.88. The minimum Gasteiger partial charge on any atom is -0.319 e. The van der Waals surface area contributed by atoms with Gasteiger partial charge in [0.15, 0.2) is 0 Å². The molecule has 1 fully saturated rings. The van der Waals surface area contributed by atoms with Gasteiger partial charge in [0.2, 0.25) is 0 Å². The normalized spacial score (nSPS) is 20.1.